The molecule has 23 heavy (non-hydrogen) atoms. The minimum absolute atomic E-state index is 0.138. The SMILES string of the molecule is N#C/C(=C/NC1=NCCS1)C(=O)Nc1cccc(S(=O)(=O)O)c1. The van der Waals surface area contributed by atoms with Crippen LogP contribution in [0.15, 0.2) is 45.9 Å². The number of anilines is 1. The number of rotatable bonds is 4. The summed E-state index contributed by atoms with van der Waals surface area (Å²) in [5, 5.41) is 14.8. The van der Waals surface area contributed by atoms with Crippen LogP contribution in [0.2, 0.25) is 0 Å². The van der Waals surface area contributed by atoms with Gasteiger partial charge < -0.3 is 10.6 Å². The Morgan fingerprint density at radius 3 is 2.87 bits per heavy atom. The fraction of sp³-hybridized carbons (Fsp3) is 0.154. The molecule has 0 unspecified atom stereocenters. The number of nitrogens with zero attached hydrogens (tertiary/aromatic N) is 2. The average molecular weight is 352 g/mol. The number of nitriles is 1. The zero-order chi connectivity index (χ0) is 16.9. The molecule has 0 bridgehead atoms. The summed E-state index contributed by atoms with van der Waals surface area (Å²) in [6.45, 7) is 0.678. The van der Waals surface area contributed by atoms with Gasteiger partial charge in [-0.15, -0.1) is 0 Å². The number of amidine groups is 1. The van der Waals surface area contributed by atoms with Crippen molar-refractivity contribution >= 4 is 38.6 Å². The van der Waals surface area contributed by atoms with Gasteiger partial charge in [0.05, 0.1) is 11.4 Å². The number of benzene rings is 1. The Bertz CT molecular complexity index is 825. The zero-order valence-corrected chi connectivity index (χ0v) is 13.3. The number of carbonyl (C=O) groups is 1. The first-order valence-electron chi connectivity index (χ1n) is 6.33. The van der Waals surface area contributed by atoms with Gasteiger partial charge >= 0.3 is 0 Å². The molecule has 1 aliphatic rings. The standard InChI is InChI=1S/C13H12N4O4S2/c14-7-9(8-16-13-15-4-5-22-13)12(18)17-10-2-1-3-11(6-10)23(19,20)21/h1-3,6,8H,4-5H2,(H,15,16)(H,17,18)(H,19,20,21)/b9-8-. The van der Waals surface area contributed by atoms with E-state index in [4.69, 9.17) is 9.81 Å². The maximum Gasteiger partial charge on any atom is 0.294 e. The summed E-state index contributed by atoms with van der Waals surface area (Å²) in [5.74, 6) is 0.128. The second kappa shape index (κ2) is 7.28. The van der Waals surface area contributed by atoms with Crippen LogP contribution < -0.4 is 10.6 Å². The van der Waals surface area contributed by atoms with E-state index < -0.39 is 16.0 Å². The van der Waals surface area contributed by atoms with Crippen molar-refractivity contribution in [2.24, 2.45) is 4.99 Å². The van der Waals surface area contributed by atoms with Crippen LogP contribution in [0.25, 0.3) is 0 Å². The number of thioether (sulfide) groups is 1. The molecule has 1 aromatic rings. The Kier molecular flexibility index (Phi) is 5.38. The molecule has 3 N–H and O–H groups in total. The van der Waals surface area contributed by atoms with Crippen LogP contribution in [-0.2, 0) is 14.9 Å². The van der Waals surface area contributed by atoms with Gasteiger partial charge in [-0.25, -0.2) is 0 Å². The predicted molar refractivity (Wildman–Crippen MR) is 86.5 cm³/mol. The van der Waals surface area contributed by atoms with Gasteiger partial charge in [-0.05, 0) is 18.2 Å². The van der Waals surface area contributed by atoms with Crippen molar-refractivity contribution in [3.05, 3.63) is 36.0 Å². The summed E-state index contributed by atoms with van der Waals surface area (Å²) in [6, 6.07) is 6.81. The molecule has 10 heteroatoms. The summed E-state index contributed by atoms with van der Waals surface area (Å²) in [5.41, 5.74) is -0.0590. The van der Waals surface area contributed by atoms with Crippen LogP contribution in [0, 0.1) is 11.3 Å². The molecule has 1 heterocycles. The van der Waals surface area contributed by atoms with Gasteiger partial charge in [-0.2, -0.15) is 13.7 Å². The van der Waals surface area contributed by atoms with Crippen LogP contribution >= 0.6 is 11.8 Å². The van der Waals surface area contributed by atoms with E-state index in [2.05, 4.69) is 15.6 Å². The van der Waals surface area contributed by atoms with Crippen molar-refractivity contribution in [3.63, 3.8) is 0 Å². The third-order valence-electron chi connectivity index (χ3n) is 2.68. The quantitative estimate of drug-likeness (QED) is 0.418. The zero-order valence-electron chi connectivity index (χ0n) is 11.7. The first-order chi connectivity index (χ1) is 10.9. The monoisotopic (exact) mass is 352 g/mol. The van der Waals surface area contributed by atoms with Gasteiger partial charge in [0, 0.05) is 17.6 Å². The molecule has 0 spiro atoms. The lowest BCUT2D eigenvalue weighted by Crippen LogP contribution is -2.18. The number of aliphatic imine (C=N–C) groups is 1. The Labute approximate surface area is 137 Å². The number of hydrogen-bond acceptors (Lipinski definition) is 7. The van der Waals surface area contributed by atoms with Crippen LogP contribution in [0.4, 0.5) is 5.69 Å². The van der Waals surface area contributed by atoms with Gasteiger partial charge in [-0.3, -0.25) is 14.3 Å². The van der Waals surface area contributed by atoms with Gasteiger partial charge in [0.25, 0.3) is 16.0 Å². The van der Waals surface area contributed by atoms with Gasteiger partial charge in [0.2, 0.25) is 0 Å². The van der Waals surface area contributed by atoms with Gasteiger partial charge in [-0.1, -0.05) is 17.8 Å². The molecule has 1 aliphatic heterocycles. The third-order valence-corrected chi connectivity index (χ3v) is 4.44. The summed E-state index contributed by atoms with van der Waals surface area (Å²) in [6.07, 6.45) is 1.24. The second-order valence-electron chi connectivity index (χ2n) is 4.31. The lowest BCUT2D eigenvalue weighted by atomic mass is 10.2. The molecule has 8 nitrogen and oxygen atoms in total. The van der Waals surface area contributed by atoms with Crippen molar-refractivity contribution in [1.29, 1.82) is 5.26 Å². The lowest BCUT2D eigenvalue weighted by Gasteiger charge is -2.06. The van der Waals surface area contributed by atoms with E-state index in [1.54, 1.807) is 6.07 Å². The lowest BCUT2D eigenvalue weighted by molar-refractivity contribution is -0.112. The van der Waals surface area contributed by atoms with Crippen molar-refractivity contribution in [2.75, 3.05) is 17.6 Å². The molecule has 0 saturated heterocycles. The molecular formula is C13H12N4O4S2. The Morgan fingerprint density at radius 2 is 2.26 bits per heavy atom. The van der Waals surface area contributed by atoms with Crippen LogP contribution in [0.5, 0.6) is 0 Å². The molecule has 0 atom stereocenters. The summed E-state index contributed by atoms with van der Waals surface area (Å²) >= 11 is 1.47. The maximum atomic E-state index is 12.0. The highest BCUT2D eigenvalue weighted by Crippen LogP contribution is 2.16. The minimum atomic E-state index is -4.37. The highest BCUT2D eigenvalue weighted by Gasteiger charge is 2.14. The Morgan fingerprint density at radius 1 is 1.48 bits per heavy atom. The first-order valence-corrected chi connectivity index (χ1v) is 8.75. The average Bonchev–Trinajstić information content (AvgIpc) is 3.00. The fourth-order valence-corrected chi connectivity index (χ4v) is 2.86. The van der Waals surface area contributed by atoms with Crippen molar-refractivity contribution < 1.29 is 17.8 Å². The highest BCUT2D eigenvalue weighted by molar-refractivity contribution is 8.14. The molecule has 1 amide bonds. The number of nitrogens with one attached hydrogen (secondary N) is 2. The molecule has 0 aromatic heterocycles. The molecule has 0 aliphatic carbocycles. The van der Waals surface area contributed by atoms with Crippen LogP contribution in [0.1, 0.15) is 0 Å². The second-order valence-corrected chi connectivity index (χ2v) is 6.81. The number of hydrogen-bond donors (Lipinski definition) is 3. The van der Waals surface area contributed by atoms with Gasteiger partial charge in [0.15, 0.2) is 5.17 Å². The molecule has 2 rings (SSSR count). The predicted octanol–water partition coefficient (Wildman–Crippen LogP) is 0.972. The van der Waals surface area contributed by atoms with E-state index in [0.717, 1.165) is 11.8 Å². The van der Waals surface area contributed by atoms with E-state index in [1.807, 2.05) is 0 Å². The summed E-state index contributed by atoms with van der Waals surface area (Å²) in [4.78, 5) is 15.8. The van der Waals surface area contributed by atoms with E-state index in [0.29, 0.717) is 11.7 Å². The molecule has 0 fully saturated rings. The molecular weight excluding hydrogens is 340 g/mol. The first kappa shape index (κ1) is 17.0. The Balaban J connectivity index is 2.10. The third kappa shape index (κ3) is 4.82. The molecule has 0 radical (unpaired) electrons. The largest absolute Gasteiger partial charge is 0.340 e. The smallest absolute Gasteiger partial charge is 0.294 e. The van der Waals surface area contributed by atoms with Crippen molar-refractivity contribution in [2.45, 2.75) is 4.90 Å². The van der Waals surface area contributed by atoms with Crippen LogP contribution in [-0.4, -0.2) is 36.3 Å². The van der Waals surface area contributed by atoms with Gasteiger partial charge in [0.1, 0.15) is 11.6 Å². The Hall–Kier alpha value is -2.35. The fourth-order valence-electron chi connectivity index (χ4n) is 1.64. The van der Waals surface area contributed by atoms with Crippen molar-refractivity contribution in [1.82, 2.24) is 5.32 Å². The minimum Gasteiger partial charge on any atom is -0.340 e. The molecule has 120 valence electrons. The normalized spacial score (nSPS) is 14.8. The van der Waals surface area contributed by atoms with Crippen molar-refractivity contribution in [3.8, 4) is 6.07 Å². The highest BCUT2D eigenvalue weighted by atomic mass is 32.2. The number of amides is 1. The molecule has 0 saturated carbocycles. The van der Waals surface area contributed by atoms with E-state index in [9.17, 15) is 13.2 Å². The maximum absolute atomic E-state index is 12.0. The number of carbonyl (C=O) groups excluding carboxylic acids is 1. The van der Waals surface area contributed by atoms with Crippen LogP contribution in [0.3, 0.4) is 0 Å². The van der Waals surface area contributed by atoms with E-state index >= 15 is 0 Å². The summed E-state index contributed by atoms with van der Waals surface area (Å²) < 4.78 is 31.1. The van der Waals surface area contributed by atoms with E-state index in [1.165, 1.54) is 36.2 Å². The van der Waals surface area contributed by atoms with E-state index in [-0.39, 0.29) is 16.2 Å². The topological polar surface area (TPSA) is 132 Å². The summed E-state index contributed by atoms with van der Waals surface area (Å²) in [7, 11) is -4.37. The molecule has 1 aromatic carbocycles.